The Hall–Kier alpha value is -1.86. The van der Waals surface area contributed by atoms with Crippen molar-refractivity contribution in [1.29, 1.82) is 0 Å². The molecule has 2 aliphatic rings. The van der Waals surface area contributed by atoms with Crippen LogP contribution in [0.15, 0.2) is 18.5 Å². The second-order valence-electron chi connectivity index (χ2n) is 6.47. The van der Waals surface area contributed by atoms with Gasteiger partial charge in [-0.05, 0) is 54.7 Å². The highest BCUT2D eigenvalue weighted by molar-refractivity contribution is 7.71. The van der Waals surface area contributed by atoms with Crippen LogP contribution < -0.4 is 9.47 Å². The Kier molecular flexibility index (Phi) is 4.05. The predicted octanol–water partition coefficient (Wildman–Crippen LogP) is 2.78. The fourth-order valence-electron chi connectivity index (χ4n) is 3.30. The summed E-state index contributed by atoms with van der Waals surface area (Å²) >= 11 is 5.56. The Morgan fingerprint density at radius 3 is 2.54 bits per heavy atom. The third-order valence-corrected chi connectivity index (χ3v) is 5.25. The Morgan fingerprint density at radius 2 is 1.88 bits per heavy atom. The third-order valence-electron chi connectivity index (χ3n) is 4.83. The maximum absolute atomic E-state index is 5.56. The molecular weight excluding hydrogens is 324 g/mol. The van der Waals surface area contributed by atoms with E-state index in [0.717, 1.165) is 42.4 Å². The van der Waals surface area contributed by atoms with Gasteiger partial charge in [-0.1, -0.05) is 0 Å². The molecule has 1 aliphatic carbocycles. The van der Waals surface area contributed by atoms with Gasteiger partial charge < -0.3 is 14.0 Å². The van der Waals surface area contributed by atoms with Crippen LogP contribution in [0.5, 0.6) is 11.5 Å². The van der Waals surface area contributed by atoms with Crippen molar-refractivity contribution in [2.24, 2.45) is 0 Å². The van der Waals surface area contributed by atoms with Gasteiger partial charge in [-0.2, -0.15) is 5.10 Å². The first-order valence-corrected chi connectivity index (χ1v) is 8.70. The van der Waals surface area contributed by atoms with Crippen molar-refractivity contribution in [3.63, 3.8) is 0 Å². The number of methoxy groups -OCH3 is 2. The molecule has 0 spiro atoms. The topological polar surface area (TPSA) is 44.5 Å². The average molecular weight is 346 g/mol. The lowest BCUT2D eigenvalue weighted by atomic mass is 9.99. The minimum atomic E-state index is 0.574. The lowest BCUT2D eigenvalue weighted by Crippen LogP contribution is -2.32. The number of ether oxygens (including phenoxy) is 2. The standard InChI is InChI=1S/C17H22N4O2S/c1-22-15-7-12-5-6-19(9-13(12)8-16(15)23-2)11-21-17(24)20(10-18-21)14-3-4-14/h7-8,10,14H,3-6,9,11H2,1-2H3. The summed E-state index contributed by atoms with van der Waals surface area (Å²) in [7, 11) is 3.35. The summed E-state index contributed by atoms with van der Waals surface area (Å²) in [6.45, 7) is 2.58. The fourth-order valence-corrected chi connectivity index (χ4v) is 3.60. The zero-order valence-electron chi connectivity index (χ0n) is 14.1. The molecule has 7 heteroatoms. The van der Waals surface area contributed by atoms with E-state index in [4.69, 9.17) is 21.7 Å². The van der Waals surface area contributed by atoms with E-state index < -0.39 is 0 Å². The van der Waals surface area contributed by atoms with Gasteiger partial charge in [0.05, 0.1) is 20.9 Å². The van der Waals surface area contributed by atoms with Crippen LogP contribution in [0.25, 0.3) is 0 Å². The molecule has 0 radical (unpaired) electrons. The van der Waals surface area contributed by atoms with Crippen molar-refractivity contribution in [3.05, 3.63) is 34.4 Å². The van der Waals surface area contributed by atoms with Gasteiger partial charge in [0, 0.05) is 19.1 Å². The van der Waals surface area contributed by atoms with Crippen LogP contribution in [-0.2, 0) is 19.6 Å². The fraction of sp³-hybridized carbons (Fsp3) is 0.529. The normalized spacial score (nSPS) is 17.6. The summed E-state index contributed by atoms with van der Waals surface area (Å²) in [5.74, 6) is 1.59. The monoisotopic (exact) mass is 346 g/mol. The Morgan fingerprint density at radius 1 is 1.17 bits per heavy atom. The van der Waals surface area contributed by atoms with Crippen LogP contribution in [0.4, 0.5) is 0 Å². The number of fused-ring (bicyclic) bond motifs is 1. The highest BCUT2D eigenvalue weighted by Gasteiger charge is 2.26. The quantitative estimate of drug-likeness (QED) is 0.779. The van der Waals surface area contributed by atoms with Crippen molar-refractivity contribution in [1.82, 2.24) is 19.2 Å². The number of rotatable bonds is 5. The first-order valence-electron chi connectivity index (χ1n) is 8.29. The van der Waals surface area contributed by atoms with Gasteiger partial charge in [0.1, 0.15) is 6.33 Å². The number of nitrogens with zero attached hydrogens (tertiary/aromatic N) is 4. The summed E-state index contributed by atoms with van der Waals surface area (Å²) in [6, 6.07) is 4.76. The first-order chi connectivity index (χ1) is 11.7. The van der Waals surface area contributed by atoms with Crippen LogP contribution in [-0.4, -0.2) is 40.0 Å². The Bertz CT molecular complexity index is 809. The van der Waals surface area contributed by atoms with E-state index in [9.17, 15) is 0 Å². The minimum absolute atomic E-state index is 0.574. The van der Waals surface area contributed by atoms with E-state index in [1.54, 1.807) is 14.2 Å². The second-order valence-corrected chi connectivity index (χ2v) is 6.84. The lowest BCUT2D eigenvalue weighted by molar-refractivity contribution is 0.187. The maximum Gasteiger partial charge on any atom is 0.199 e. The Labute approximate surface area is 146 Å². The number of hydrogen-bond acceptors (Lipinski definition) is 5. The zero-order valence-corrected chi connectivity index (χ0v) is 14.9. The molecule has 0 saturated heterocycles. The minimum Gasteiger partial charge on any atom is -0.493 e. The lowest BCUT2D eigenvalue weighted by Gasteiger charge is -2.29. The van der Waals surface area contributed by atoms with Gasteiger partial charge >= 0.3 is 0 Å². The molecule has 1 aromatic carbocycles. The van der Waals surface area contributed by atoms with Gasteiger partial charge in [0.15, 0.2) is 16.3 Å². The molecule has 1 fully saturated rings. The number of aromatic nitrogens is 3. The van der Waals surface area contributed by atoms with Crippen LogP contribution in [0.1, 0.15) is 30.0 Å². The van der Waals surface area contributed by atoms with Gasteiger partial charge in [-0.3, -0.25) is 4.90 Å². The first kappa shape index (κ1) is 15.7. The zero-order chi connectivity index (χ0) is 16.7. The average Bonchev–Trinajstić information content (AvgIpc) is 3.38. The van der Waals surface area contributed by atoms with E-state index in [1.165, 1.54) is 24.0 Å². The molecule has 0 unspecified atom stereocenters. The molecule has 0 amide bonds. The summed E-state index contributed by atoms with van der Waals surface area (Å²) in [4.78, 5) is 2.37. The van der Waals surface area contributed by atoms with E-state index in [2.05, 4.69) is 26.7 Å². The van der Waals surface area contributed by atoms with Crippen LogP contribution in [0.2, 0.25) is 0 Å². The van der Waals surface area contributed by atoms with E-state index in [1.807, 2.05) is 11.0 Å². The largest absolute Gasteiger partial charge is 0.493 e. The molecule has 0 atom stereocenters. The molecule has 1 aromatic heterocycles. The summed E-state index contributed by atoms with van der Waals surface area (Å²) in [5, 5.41) is 4.48. The molecule has 2 aromatic rings. The van der Waals surface area contributed by atoms with E-state index in [0.29, 0.717) is 6.04 Å². The molecule has 24 heavy (non-hydrogen) atoms. The van der Waals surface area contributed by atoms with Crippen molar-refractivity contribution in [3.8, 4) is 11.5 Å². The number of benzene rings is 1. The van der Waals surface area contributed by atoms with Crippen LogP contribution in [0, 0.1) is 4.77 Å². The predicted molar refractivity (Wildman–Crippen MR) is 93.0 cm³/mol. The van der Waals surface area contributed by atoms with Crippen molar-refractivity contribution in [2.75, 3.05) is 20.8 Å². The smallest absolute Gasteiger partial charge is 0.199 e. The molecule has 1 aliphatic heterocycles. The molecule has 4 rings (SSSR count). The van der Waals surface area contributed by atoms with Crippen LogP contribution >= 0.6 is 12.2 Å². The SMILES string of the molecule is COc1cc2c(cc1OC)CN(Cn1ncn(C3CC3)c1=S)CC2. The van der Waals surface area contributed by atoms with Gasteiger partial charge in [0.25, 0.3) is 0 Å². The molecule has 6 nitrogen and oxygen atoms in total. The second kappa shape index (κ2) is 6.22. The molecular formula is C17H22N4O2S. The van der Waals surface area contributed by atoms with E-state index >= 15 is 0 Å². The molecule has 0 bridgehead atoms. The van der Waals surface area contributed by atoms with Gasteiger partial charge in [0.2, 0.25) is 0 Å². The highest BCUT2D eigenvalue weighted by Crippen LogP contribution is 2.35. The van der Waals surface area contributed by atoms with Gasteiger partial charge in [-0.15, -0.1) is 0 Å². The van der Waals surface area contributed by atoms with Crippen molar-refractivity contribution < 1.29 is 9.47 Å². The van der Waals surface area contributed by atoms with Gasteiger partial charge in [-0.25, -0.2) is 4.68 Å². The Balaban J connectivity index is 1.53. The third kappa shape index (κ3) is 2.82. The van der Waals surface area contributed by atoms with Crippen LogP contribution in [0.3, 0.4) is 0 Å². The van der Waals surface area contributed by atoms with Crippen molar-refractivity contribution >= 4 is 12.2 Å². The molecule has 1 saturated carbocycles. The van der Waals surface area contributed by atoms with Crippen molar-refractivity contribution in [2.45, 2.75) is 38.5 Å². The summed E-state index contributed by atoms with van der Waals surface area (Å²) in [6.07, 6.45) is 5.32. The number of hydrogen-bond donors (Lipinski definition) is 0. The maximum atomic E-state index is 5.56. The molecule has 2 heterocycles. The van der Waals surface area contributed by atoms with E-state index in [-0.39, 0.29) is 0 Å². The summed E-state index contributed by atoms with van der Waals surface area (Å²) in [5.41, 5.74) is 2.61. The summed E-state index contributed by atoms with van der Waals surface area (Å²) < 4.78 is 15.7. The molecule has 0 N–H and O–H groups in total. The molecule has 128 valence electrons. The highest BCUT2D eigenvalue weighted by atomic mass is 32.1.